The summed E-state index contributed by atoms with van der Waals surface area (Å²) in [6, 6.07) is 8.62. The second-order valence-corrected chi connectivity index (χ2v) is 7.00. The van der Waals surface area contributed by atoms with E-state index in [0.717, 1.165) is 10.8 Å². The number of halogens is 3. The van der Waals surface area contributed by atoms with E-state index in [1.807, 2.05) is 0 Å². The number of rotatable bonds is 3. The van der Waals surface area contributed by atoms with Crippen molar-refractivity contribution >= 4 is 10.0 Å². The predicted octanol–water partition coefficient (Wildman–Crippen LogP) is 2.91. The van der Waals surface area contributed by atoms with Crippen molar-refractivity contribution in [2.75, 3.05) is 0 Å². The van der Waals surface area contributed by atoms with Crippen LogP contribution in [0.25, 0.3) is 17.1 Å². The van der Waals surface area contributed by atoms with Crippen molar-refractivity contribution < 1.29 is 21.6 Å². The molecule has 0 aliphatic carbocycles. The van der Waals surface area contributed by atoms with Crippen molar-refractivity contribution in [1.82, 2.24) is 14.5 Å². The number of aryl methyl sites for hydroxylation is 1. The molecule has 0 bridgehead atoms. The molecule has 0 radical (unpaired) electrons. The van der Waals surface area contributed by atoms with Crippen LogP contribution < -0.4 is 5.14 Å². The van der Waals surface area contributed by atoms with Crippen LogP contribution in [0.2, 0.25) is 0 Å². The normalized spacial score (nSPS) is 12.3. The molecule has 3 rings (SSSR count). The molecule has 0 unspecified atom stereocenters. The Morgan fingerprint density at radius 2 is 1.81 bits per heavy atom. The highest BCUT2D eigenvalue weighted by Gasteiger charge is 2.36. The molecule has 0 spiro atoms. The Labute approximate surface area is 147 Å². The van der Waals surface area contributed by atoms with Gasteiger partial charge in [0.1, 0.15) is 10.7 Å². The van der Waals surface area contributed by atoms with E-state index < -0.39 is 21.9 Å². The first-order valence-corrected chi connectivity index (χ1v) is 8.84. The van der Waals surface area contributed by atoms with Gasteiger partial charge in [-0.2, -0.15) is 13.2 Å². The fourth-order valence-corrected chi connectivity index (χ4v) is 3.23. The van der Waals surface area contributed by atoms with Crippen LogP contribution in [0.5, 0.6) is 0 Å². The largest absolute Gasteiger partial charge is 0.434 e. The van der Waals surface area contributed by atoms with E-state index in [-0.39, 0.29) is 16.4 Å². The fourth-order valence-electron chi connectivity index (χ4n) is 2.51. The Bertz CT molecular complexity index is 1080. The highest BCUT2D eigenvalue weighted by atomic mass is 32.2. The summed E-state index contributed by atoms with van der Waals surface area (Å²) < 4.78 is 64.4. The van der Waals surface area contributed by atoms with Gasteiger partial charge in [0.15, 0.2) is 5.69 Å². The number of imidazole rings is 1. The third-order valence-corrected chi connectivity index (χ3v) is 4.63. The summed E-state index contributed by atoms with van der Waals surface area (Å²) in [6.45, 7) is 1.62. The Kier molecular flexibility index (Phi) is 4.32. The molecule has 0 aliphatic heterocycles. The number of aromatic nitrogens is 3. The quantitative estimate of drug-likeness (QED) is 0.754. The highest BCUT2D eigenvalue weighted by molar-refractivity contribution is 7.89. The summed E-state index contributed by atoms with van der Waals surface area (Å²) >= 11 is 0. The number of sulfonamides is 1. The summed E-state index contributed by atoms with van der Waals surface area (Å²) in [7, 11) is -4.16. The van der Waals surface area contributed by atoms with Gasteiger partial charge in [-0.15, -0.1) is 0 Å². The third-order valence-electron chi connectivity index (χ3n) is 3.68. The zero-order chi connectivity index (χ0) is 19.1. The molecule has 136 valence electrons. The molecule has 0 atom stereocenters. The molecule has 10 heteroatoms. The molecule has 2 N–H and O–H groups in total. The van der Waals surface area contributed by atoms with E-state index in [0.29, 0.717) is 11.3 Å². The highest BCUT2D eigenvalue weighted by Crippen LogP contribution is 2.34. The topological polar surface area (TPSA) is 90.9 Å². The van der Waals surface area contributed by atoms with Crippen molar-refractivity contribution in [2.24, 2.45) is 5.14 Å². The summed E-state index contributed by atoms with van der Waals surface area (Å²) in [5.41, 5.74) is -0.399. The summed E-state index contributed by atoms with van der Waals surface area (Å²) in [5.74, 6) is -0.0842. The first-order valence-electron chi connectivity index (χ1n) is 7.30. The maximum Gasteiger partial charge on any atom is 0.434 e. The van der Waals surface area contributed by atoms with E-state index in [9.17, 15) is 21.6 Å². The zero-order valence-corrected chi connectivity index (χ0v) is 14.2. The van der Waals surface area contributed by atoms with Crippen molar-refractivity contribution in [2.45, 2.75) is 18.0 Å². The Hall–Kier alpha value is -2.72. The van der Waals surface area contributed by atoms with E-state index in [4.69, 9.17) is 5.14 Å². The van der Waals surface area contributed by atoms with E-state index in [1.54, 1.807) is 19.1 Å². The van der Waals surface area contributed by atoms with Crippen molar-refractivity contribution in [3.63, 3.8) is 0 Å². The van der Waals surface area contributed by atoms with Gasteiger partial charge < -0.3 is 0 Å². The number of primary sulfonamides is 1. The maximum atomic E-state index is 13.2. The SMILES string of the molecule is Cc1ncccc1-c1nc(C(F)(F)F)cn1-c1ccccc1S(N)(=O)=O. The van der Waals surface area contributed by atoms with Gasteiger partial charge in [0, 0.05) is 23.7 Å². The lowest BCUT2D eigenvalue weighted by Gasteiger charge is -2.12. The molecule has 6 nitrogen and oxygen atoms in total. The van der Waals surface area contributed by atoms with Crippen LogP contribution in [-0.2, 0) is 16.2 Å². The lowest BCUT2D eigenvalue weighted by atomic mass is 10.2. The summed E-state index contributed by atoms with van der Waals surface area (Å²) in [6.07, 6.45) is -2.46. The van der Waals surface area contributed by atoms with Crippen LogP contribution in [0.3, 0.4) is 0 Å². The standard InChI is InChI=1S/C16H13F3N4O2S/c1-10-11(5-4-8-21-10)15-22-14(16(17,18)19)9-23(15)12-6-2-3-7-13(12)26(20,24)25/h2-9H,1H3,(H2,20,24,25). The van der Waals surface area contributed by atoms with Crippen LogP contribution in [0.4, 0.5) is 13.2 Å². The number of hydrogen-bond acceptors (Lipinski definition) is 4. The zero-order valence-electron chi connectivity index (χ0n) is 13.4. The van der Waals surface area contributed by atoms with Gasteiger partial charge in [-0.3, -0.25) is 9.55 Å². The first kappa shape index (κ1) is 18.1. The van der Waals surface area contributed by atoms with E-state index >= 15 is 0 Å². The number of para-hydroxylation sites is 1. The Balaban J connectivity index is 2.36. The smallest absolute Gasteiger partial charge is 0.298 e. The summed E-state index contributed by atoms with van der Waals surface area (Å²) in [4.78, 5) is 7.42. The molecular weight excluding hydrogens is 369 g/mol. The predicted molar refractivity (Wildman–Crippen MR) is 87.9 cm³/mol. The van der Waals surface area contributed by atoms with Gasteiger partial charge in [-0.1, -0.05) is 12.1 Å². The fraction of sp³-hybridized carbons (Fsp3) is 0.125. The van der Waals surface area contributed by atoms with Gasteiger partial charge in [0.2, 0.25) is 10.0 Å². The minimum Gasteiger partial charge on any atom is -0.298 e. The second kappa shape index (κ2) is 6.22. The molecule has 1 aromatic carbocycles. The molecule has 2 heterocycles. The van der Waals surface area contributed by atoms with Gasteiger partial charge in [0.05, 0.1) is 5.69 Å². The molecule has 0 fully saturated rings. The summed E-state index contributed by atoms with van der Waals surface area (Å²) in [5, 5.41) is 5.21. The third kappa shape index (κ3) is 3.33. The lowest BCUT2D eigenvalue weighted by molar-refractivity contribution is -0.140. The first-order chi connectivity index (χ1) is 12.1. The number of hydrogen-bond donors (Lipinski definition) is 1. The molecule has 0 saturated carbocycles. The van der Waals surface area contributed by atoms with Gasteiger partial charge in [-0.05, 0) is 31.2 Å². The average molecular weight is 382 g/mol. The molecular formula is C16H13F3N4O2S. The number of benzene rings is 1. The average Bonchev–Trinajstić information content (AvgIpc) is 2.99. The molecule has 0 saturated heterocycles. The molecule has 0 aliphatic rings. The number of pyridine rings is 1. The number of alkyl halides is 3. The van der Waals surface area contributed by atoms with E-state index in [1.165, 1.54) is 30.5 Å². The second-order valence-electron chi connectivity index (χ2n) is 5.47. The molecule has 26 heavy (non-hydrogen) atoms. The van der Waals surface area contributed by atoms with Crippen LogP contribution in [0.15, 0.2) is 53.7 Å². The van der Waals surface area contributed by atoms with Crippen LogP contribution >= 0.6 is 0 Å². The van der Waals surface area contributed by atoms with Crippen LogP contribution in [0.1, 0.15) is 11.4 Å². The van der Waals surface area contributed by atoms with Crippen molar-refractivity contribution in [3.05, 3.63) is 60.2 Å². The maximum absolute atomic E-state index is 13.2. The molecule has 3 aromatic rings. The van der Waals surface area contributed by atoms with Gasteiger partial charge in [-0.25, -0.2) is 18.5 Å². The minimum atomic E-state index is -4.70. The van der Waals surface area contributed by atoms with Crippen LogP contribution in [-0.4, -0.2) is 23.0 Å². The molecule has 2 aromatic heterocycles. The number of nitrogens with two attached hydrogens (primary N) is 1. The Morgan fingerprint density at radius 3 is 2.42 bits per heavy atom. The van der Waals surface area contributed by atoms with Crippen molar-refractivity contribution in [1.29, 1.82) is 0 Å². The molecule has 0 amide bonds. The lowest BCUT2D eigenvalue weighted by Crippen LogP contribution is -2.15. The van der Waals surface area contributed by atoms with Gasteiger partial charge in [0.25, 0.3) is 0 Å². The monoisotopic (exact) mass is 382 g/mol. The minimum absolute atomic E-state index is 0.0312. The number of nitrogens with zero attached hydrogens (tertiary/aromatic N) is 3. The van der Waals surface area contributed by atoms with Crippen molar-refractivity contribution in [3.8, 4) is 17.1 Å². The Morgan fingerprint density at radius 1 is 1.12 bits per heavy atom. The van der Waals surface area contributed by atoms with Crippen LogP contribution in [0, 0.1) is 6.92 Å². The van der Waals surface area contributed by atoms with E-state index in [2.05, 4.69) is 9.97 Å². The van der Waals surface area contributed by atoms with Gasteiger partial charge >= 0.3 is 6.18 Å².